The number of hydrogen-bond acceptors (Lipinski definition) is 2. The smallest absolute Gasteiger partial charge is 0.303 e. The van der Waals surface area contributed by atoms with Crippen molar-refractivity contribution in [3.05, 3.63) is 108 Å². The quantitative estimate of drug-likeness (QED) is 0.297. The topological polar surface area (TPSA) is 37.3 Å². The van der Waals surface area contributed by atoms with Crippen molar-refractivity contribution in [2.75, 3.05) is 11.5 Å². The molecule has 2 nitrogen and oxygen atoms in total. The zero-order valence-electron chi connectivity index (χ0n) is 16.7. The van der Waals surface area contributed by atoms with Crippen LogP contribution in [-0.2, 0) is 10.2 Å². The second-order valence-corrected chi connectivity index (χ2v) is 8.37. The van der Waals surface area contributed by atoms with Crippen LogP contribution in [0, 0.1) is 0 Å². The molecular formula is C26H28O2S. The van der Waals surface area contributed by atoms with Crippen molar-refractivity contribution >= 4 is 17.7 Å². The predicted octanol–water partition coefficient (Wildman–Crippen LogP) is 6.40. The van der Waals surface area contributed by atoms with Gasteiger partial charge in [0.05, 0.1) is 5.41 Å². The summed E-state index contributed by atoms with van der Waals surface area (Å²) >= 11 is 1.96. The maximum absolute atomic E-state index is 10.7. The molecule has 0 saturated heterocycles. The van der Waals surface area contributed by atoms with Crippen LogP contribution in [0.4, 0.5) is 0 Å². The maximum atomic E-state index is 10.7. The third kappa shape index (κ3) is 5.51. The van der Waals surface area contributed by atoms with Crippen molar-refractivity contribution in [3.63, 3.8) is 0 Å². The number of carboxylic acids is 1. The normalized spacial score (nSPS) is 11.3. The molecule has 0 radical (unpaired) electrons. The Balaban J connectivity index is 1.86. The zero-order valence-corrected chi connectivity index (χ0v) is 17.5. The Morgan fingerprint density at radius 1 is 0.690 bits per heavy atom. The number of hydrogen-bond donors (Lipinski definition) is 1. The van der Waals surface area contributed by atoms with Crippen LogP contribution in [0.25, 0.3) is 0 Å². The van der Waals surface area contributed by atoms with E-state index in [0.29, 0.717) is 0 Å². The van der Waals surface area contributed by atoms with Gasteiger partial charge in [0.1, 0.15) is 0 Å². The molecule has 0 atom stereocenters. The van der Waals surface area contributed by atoms with E-state index in [0.717, 1.165) is 30.8 Å². The number of aliphatic carboxylic acids is 1. The van der Waals surface area contributed by atoms with Gasteiger partial charge in [-0.2, -0.15) is 11.8 Å². The van der Waals surface area contributed by atoms with Crippen LogP contribution < -0.4 is 0 Å². The van der Waals surface area contributed by atoms with Crippen LogP contribution in [0.5, 0.6) is 0 Å². The molecule has 0 saturated carbocycles. The Bertz CT molecular complexity index is 766. The highest BCUT2D eigenvalue weighted by Gasteiger charge is 2.35. The lowest BCUT2D eigenvalue weighted by Crippen LogP contribution is -2.32. The average Bonchev–Trinajstić information content (AvgIpc) is 2.77. The van der Waals surface area contributed by atoms with Crippen molar-refractivity contribution in [3.8, 4) is 0 Å². The number of carboxylic acid groups (broad SMARTS) is 1. The predicted molar refractivity (Wildman–Crippen MR) is 123 cm³/mol. The van der Waals surface area contributed by atoms with Crippen molar-refractivity contribution in [1.29, 1.82) is 0 Å². The molecule has 0 unspecified atom stereocenters. The minimum Gasteiger partial charge on any atom is -0.481 e. The van der Waals surface area contributed by atoms with Crippen molar-refractivity contribution in [1.82, 2.24) is 0 Å². The summed E-state index contributed by atoms with van der Waals surface area (Å²) in [5.74, 6) is 1.28. The summed E-state index contributed by atoms with van der Waals surface area (Å²) in [5.41, 5.74) is 3.69. The number of rotatable bonds is 11. The summed E-state index contributed by atoms with van der Waals surface area (Å²) in [4.78, 5) is 10.7. The molecule has 0 fully saturated rings. The van der Waals surface area contributed by atoms with Crippen LogP contribution in [0.2, 0.25) is 0 Å². The average molecular weight is 405 g/mol. The summed E-state index contributed by atoms with van der Waals surface area (Å²) in [6.07, 6.45) is 3.05. The fraction of sp³-hybridized carbons (Fsp3) is 0.269. The molecule has 3 rings (SSSR count). The van der Waals surface area contributed by atoms with Gasteiger partial charge in [0, 0.05) is 12.2 Å². The monoisotopic (exact) mass is 404 g/mol. The highest BCUT2D eigenvalue weighted by atomic mass is 32.2. The van der Waals surface area contributed by atoms with E-state index in [4.69, 9.17) is 5.11 Å². The first-order valence-electron chi connectivity index (χ1n) is 10.2. The van der Waals surface area contributed by atoms with Crippen molar-refractivity contribution in [2.24, 2.45) is 0 Å². The lowest BCUT2D eigenvalue weighted by Gasteiger charge is -2.36. The summed E-state index contributed by atoms with van der Waals surface area (Å²) in [7, 11) is 0. The Kier molecular flexibility index (Phi) is 7.94. The molecule has 0 bridgehead atoms. The van der Waals surface area contributed by atoms with Gasteiger partial charge >= 0.3 is 5.97 Å². The molecule has 3 aromatic rings. The lowest BCUT2D eigenvalue weighted by atomic mass is 9.71. The van der Waals surface area contributed by atoms with Crippen molar-refractivity contribution < 1.29 is 9.90 Å². The zero-order chi connectivity index (χ0) is 20.4. The van der Waals surface area contributed by atoms with Gasteiger partial charge in [-0.25, -0.2) is 0 Å². The molecule has 150 valence electrons. The SMILES string of the molecule is O=C(O)CCCCCSCC(c1ccccc1)(c1ccccc1)c1ccccc1. The molecule has 0 amide bonds. The van der Waals surface area contributed by atoms with Gasteiger partial charge < -0.3 is 5.11 Å². The molecule has 0 spiro atoms. The van der Waals surface area contributed by atoms with E-state index < -0.39 is 5.97 Å². The van der Waals surface area contributed by atoms with E-state index in [-0.39, 0.29) is 11.8 Å². The van der Waals surface area contributed by atoms with E-state index in [1.807, 2.05) is 11.8 Å². The van der Waals surface area contributed by atoms with Crippen LogP contribution >= 0.6 is 11.8 Å². The third-order valence-corrected chi connectivity index (χ3v) is 6.51. The van der Waals surface area contributed by atoms with Gasteiger partial charge in [-0.3, -0.25) is 4.79 Å². The van der Waals surface area contributed by atoms with Crippen LogP contribution in [0.15, 0.2) is 91.0 Å². The number of thioether (sulfide) groups is 1. The van der Waals surface area contributed by atoms with Gasteiger partial charge in [0.15, 0.2) is 0 Å². The highest BCUT2D eigenvalue weighted by Crippen LogP contribution is 2.41. The summed E-state index contributed by atoms with van der Waals surface area (Å²) in [5, 5.41) is 8.80. The number of unbranched alkanes of at least 4 members (excludes halogenated alkanes) is 2. The van der Waals surface area contributed by atoms with E-state index >= 15 is 0 Å². The molecule has 1 N–H and O–H groups in total. The molecule has 3 aromatic carbocycles. The first kappa shape index (κ1) is 21.2. The van der Waals surface area contributed by atoms with Crippen LogP contribution in [0.3, 0.4) is 0 Å². The van der Waals surface area contributed by atoms with Gasteiger partial charge in [0.2, 0.25) is 0 Å². The van der Waals surface area contributed by atoms with Gasteiger partial charge in [-0.05, 0) is 35.3 Å². The lowest BCUT2D eigenvalue weighted by molar-refractivity contribution is -0.137. The number of benzene rings is 3. The Morgan fingerprint density at radius 3 is 1.55 bits per heavy atom. The van der Waals surface area contributed by atoms with E-state index in [9.17, 15) is 4.79 Å². The minimum atomic E-state index is -0.700. The molecule has 0 heterocycles. The van der Waals surface area contributed by atoms with Crippen molar-refractivity contribution in [2.45, 2.75) is 31.1 Å². The maximum Gasteiger partial charge on any atom is 0.303 e. The molecule has 29 heavy (non-hydrogen) atoms. The Hall–Kier alpha value is -2.52. The third-order valence-electron chi connectivity index (χ3n) is 5.30. The first-order chi connectivity index (χ1) is 14.2. The first-order valence-corrected chi connectivity index (χ1v) is 11.3. The van der Waals surface area contributed by atoms with Crippen LogP contribution in [-0.4, -0.2) is 22.6 Å². The fourth-order valence-electron chi connectivity index (χ4n) is 3.80. The molecular weight excluding hydrogens is 376 g/mol. The van der Waals surface area contributed by atoms with Gasteiger partial charge in [0.25, 0.3) is 0 Å². The van der Waals surface area contributed by atoms with Gasteiger partial charge in [-0.15, -0.1) is 0 Å². The van der Waals surface area contributed by atoms with Crippen LogP contribution in [0.1, 0.15) is 42.4 Å². The number of carbonyl (C=O) groups is 1. The van der Waals surface area contributed by atoms with E-state index in [1.165, 1.54) is 16.7 Å². The molecule has 0 aromatic heterocycles. The summed E-state index contributed by atoms with van der Waals surface area (Å²) < 4.78 is 0. The standard InChI is InChI=1S/C26H28O2S/c27-25(28)19-11-4-12-20-29-21-26(22-13-5-1-6-14-22,23-15-7-2-8-16-23)24-17-9-3-10-18-24/h1-3,5-10,13-18H,4,11-12,19-21H2,(H,27,28). The highest BCUT2D eigenvalue weighted by molar-refractivity contribution is 7.99. The van der Waals surface area contributed by atoms with E-state index in [2.05, 4.69) is 91.0 Å². The largest absolute Gasteiger partial charge is 0.481 e. The second-order valence-electron chi connectivity index (χ2n) is 7.26. The second kappa shape index (κ2) is 10.9. The molecule has 0 aliphatic rings. The summed E-state index contributed by atoms with van der Waals surface area (Å²) in [6, 6.07) is 32.3. The Morgan fingerprint density at radius 2 is 1.14 bits per heavy atom. The van der Waals surface area contributed by atoms with E-state index in [1.54, 1.807) is 0 Å². The molecule has 3 heteroatoms. The molecule has 0 aliphatic heterocycles. The minimum absolute atomic E-state index is 0.213. The fourth-order valence-corrected chi connectivity index (χ4v) is 5.16. The molecule has 0 aliphatic carbocycles. The Labute approximate surface area is 178 Å². The van der Waals surface area contributed by atoms with Gasteiger partial charge in [-0.1, -0.05) is 97.4 Å². The summed E-state index contributed by atoms with van der Waals surface area (Å²) in [6.45, 7) is 0.